The molecule has 0 fully saturated rings. The van der Waals surface area contributed by atoms with Gasteiger partial charge in [0.25, 0.3) is 0 Å². The van der Waals surface area contributed by atoms with E-state index >= 15 is 0 Å². The molecule has 0 saturated carbocycles. The monoisotopic (exact) mass is 299 g/mol. The van der Waals surface area contributed by atoms with Crippen molar-refractivity contribution < 1.29 is 9.53 Å². The second-order valence-electron chi connectivity index (χ2n) is 4.97. The molecule has 1 aliphatic rings. The average molecular weight is 299 g/mol. The van der Waals surface area contributed by atoms with E-state index in [1.807, 2.05) is 31.2 Å². The van der Waals surface area contributed by atoms with Gasteiger partial charge in [-0.3, -0.25) is 4.79 Å². The van der Waals surface area contributed by atoms with Gasteiger partial charge in [0.2, 0.25) is 11.9 Å². The van der Waals surface area contributed by atoms with Crippen LogP contribution in [0.4, 0.5) is 5.95 Å². The van der Waals surface area contributed by atoms with Crippen LogP contribution < -0.4 is 15.8 Å². The molecule has 0 spiro atoms. The van der Waals surface area contributed by atoms with Crippen LogP contribution in [-0.2, 0) is 4.79 Å². The lowest BCUT2D eigenvalue weighted by Gasteiger charge is -2.33. The lowest BCUT2D eigenvalue weighted by Crippen LogP contribution is -2.40. The molecule has 2 atom stereocenters. The Morgan fingerprint density at radius 2 is 2.27 bits per heavy atom. The van der Waals surface area contributed by atoms with Crippen LogP contribution in [0.2, 0.25) is 0 Å². The van der Waals surface area contributed by atoms with E-state index in [1.165, 1.54) is 6.33 Å². The first-order valence-electron chi connectivity index (χ1n) is 6.99. The molecule has 0 saturated heterocycles. The number of benzene rings is 1. The fourth-order valence-electron chi connectivity index (χ4n) is 2.75. The van der Waals surface area contributed by atoms with Crippen LogP contribution >= 0.6 is 0 Å². The number of fused-ring (bicyclic) bond motifs is 1. The van der Waals surface area contributed by atoms with E-state index in [2.05, 4.69) is 22.0 Å². The first kappa shape index (κ1) is 14.1. The predicted octanol–water partition coefficient (Wildman–Crippen LogP) is 1.31. The Balaban J connectivity index is 2.17. The van der Waals surface area contributed by atoms with Gasteiger partial charge in [-0.1, -0.05) is 24.8 Å². The molecule has 2 unspecified atom stereocenters. The van der Waals surface area contributed by atoms with Gasteiger partial charge in [-0.25, -0.2) is 4.68 Å². The molecule has 2 aromatic rings. The van der Waals surface area contributed by atoms with Gasteiger partial charge in [0.05, 0.1) is 6.61 Å². The van der Waals surface area contributed by atoms with Crippen molar-refractivity contribution in [1.82, 2.24) is 14.8 Å². The Bertz CT molecular complexity index is 724. The maximum absolute atomic E-state index is 12.0. The molecule has 1 amide bonds. The van der Waals surface area contributed by atoms with Gasteiger partial charge in [0, 0.05) is 11.3 Å². The molecule has 3 rings (SSSR count). The fraction of sp³-hybridized carbons (Fsp3) is 0.267. The number of aromatic nitrogens is 3. The Morgan fingerprint density at radius 1 is 1.50 bits per heavy atom. The number of rotatable bonds is 4. The molecule has 0 bridgehead atoms. The summed E-state index contributed by atoms with van der Waals surface area (Å²) in [4.78, 5) is 16.1. The van der Waals surface area contributed by atoms with Crippen molar-refractivity contribution in [2.24, 2.45) is 11.7 Å². The van der Waals surface area contributed by atoms with Crippen molar-refractivity contribution in [3.05, 3.63) is 48.4 Å². The number of amides is 1. The zero-order chi connectivity index (χ0) is 15.7. The van der Waals surface area contributed by atoms with Gasteiger partial charge >= 0.3 is 0 Å². The number of carbonyl (C=O) groups is 1. The number of hydrogen-bond acceptors (Lipinski definition) is 5. The molecule has 0 aliphatic carbocycles. The lowest BCUT2D eigenvalue weighted by molar-refractivity contribution is -0.121. The molecule has 0 radical (unpaired) electrons. The Morgan fingerprint density at radius 3 is 3.00 bits per heavy atom. The Labute approximate surface area is 127 Å². The molecule has 7 nitrogen and oxygen atoms in total. The van der Waals surface area contributed by atoms with Crippen molar-refractivity contribution in [3.63, 3.8) is 0 Å². The number of ether oxygens (including phenoxy) is 1. The molecule has 2 heterocycles. The van der Waals surface area contributed by atoms with Gasteiger partial charge in [-0.05, 0) is 13.0 Å². The van der Waals surface area contributed by atoms with Crippen molar-refractivity contribution in [1.29, 1.82) is 0 Å². The Hall–Kier alpha value is -2.83. The first-order chi connectivity index (χ1) is 10.6. The van der Waals surface area contributed by atoms with Crippen LogP contribution in [-0.4, -0.2) is 27.3 Å². The Kier molecular flexibility index (Phi) is 3.54. The van der Waals surface area contributed by atoms with Crippen LogP contribution in [0.25, 0.3) is 0 Å². The number of hydrogen-bond donors (Lipinski definition) is 2. The zero-order valence-electron chi connectivity index (χ0n) is 12.2. The summed E-state index contributed by atoms with van der Waals surface area (Å²) in [5.41, 5.74) is 6.92. The number of para-hydroxylation sites is 1. The van der Waals surface area contributed by atoms with Crippen LogP contribution in [0.3, 0.4) is 0 Å². The summed E-state index contributed by atoms with van der Waals surface area (Å²) in [7, 11) is 0. The zero-order valence-corrected chi connectivity index (χ0v) is 12.2. The molecule has 1 aromatic heterocycles. The molecule has 22 heavy (non-hydrogen) atoms. The quantitative estimate of drug-likeness (QED) is 0.887. The van der Waals surface area contributed by atoms with Gasteiger partial charge in [-0.2, -0.15) is 10.1 Å². The highest BCUT2D eigenvalue weighted by atomic mass is 16.5. The third-order valence-corrected chi connectivity index (χ3v) is 3.64. The van der Waals surface area contributed by atoms with Gasteiger partial charge in [0.1, 0.15) is 24.0 Å². The largest absolute Gasteiger partial charge is 0.494 e. The maximum Gasteiger partial charge on any atom is 0.229 e. The number of anilines is 1. The van der Waals surface area contributed by atoms with Gasteiger partial charge < -0.3 is 15.8 Å². The van der Waals surface area contributed by atoms with Crippen LogP contribution in [0.15, 0.2) is 42.9 Å². The van der Waals surface area contributed by atoms with E-state index in [4.69, 9.17) is 10.5 Å². The number of nitrogens with one attached hydrogen (secondary N) is 1. The number of nitrogens with zero attached hydrogens (tertiary/aromatic N) is 3. The van der Waals surface area contributed by atoms with Crippen molar-refractivity contribution >= 4 is 11.9 Å². The fourth-order valence-corrected chi connectivity index (χ4v) is 2.75. The average Bonchev–Trinajstić information content (AvgIpc) is 2.94. The van der Waals surface area contributed by atoms with Crippen molar-refractivity contribution in [2.75, 3.05) is 11.9 Å². The minimum absolute atomic E-state index is 0.438. The summed E-state index contributed by atoms with van der Waals surface area (Å²) in [5, 5.41) is 7.20. The highest BCUT2D eigenvalue weighted by Crippen LogP contribution is 2.40. The van der Waals surface area contributed by atoms with Crippen LogP contribution in [0.1, 0.15) is 18.5 Å². The predicted molar refractivity (Wildman–Crippen MR) is 81.2 cm³/mol. The van der Waals surface area contributed by atoms with E-state index in [0.29, 0.717) is 24.0 Å². The third kappa shape index (κ3) is 2.20. The molecule has 1 aliphatic heterocycles. The van der Waals surface area contributed by atoms with Crippen LogP contribution in [0.5, 0.6) is 5.75 Å². The van der Waals surface area contributed by atoms with Crippen LogP contribution in [0, 0.1) is 5.92 Å². The SMILES string of the molecule is C=C1Nc2ncnn2C(c2ccccc2OCC)C1C(N)=O. The standard InChI is InChI=1S/C15H17N5O2/c1-3-22-11-7-5-4-6-10(11)13-12(14(16)21)9(2)19-15-17-8-18-20(13)15/h4-8,12-13H,2-3H2,1H3,(H2,16,21)(H,17,18,19). The molecule has 3 N–H and O–H groups in total. The summed E-state index contributed by atoms with van der Waals surface area (Å²) in [5.74, 6) is 0.0990. The van der Waals surface area contributed by atoms with E-state index < -0.39 is 17.9 Å². The van der Waals surface area contributed by atoms with Crippen molar-refractivity contribution in [3.8, 4) is 5.75 Å². The second-order valence-corrected chi connectivity index (χ2v) is 4.97. The minimum atomic E-state index is -0.643. The van der Waals surface area contributed by atoms with E-state index in [1.54, 1.807) is 4.68 Å². The molecular weight excluding hydrogens is 282 g/mol. The van der Waals surface area contributed by atoms with Gasteiger partial charge in [0.15, 0.2) is 0 Å². The van der Waals surface area contributed by atoms with E-state index in [9.17, 15) is 4.79 Å². The summed E-state index contributed by atoms with van der Waals surface area (Å²) in [6.07, 6.45) is 1.43. The number of primary amides is 1. The molecule has 1 aromatic carbocycles. The van der Waals surface area contributed by atoms with Crippen molar-refractivity contribution in [2.45, 2.75) is 13.0 Å². The van der Waals surface area contributed by atoms with Gasteiger partial charge in [-0.15, -0.1) is 0 Å². The summed E-state index contributed by atoms with van der Waals surface area (Å²) in [6, 6.07) is 7.09. The minimum Gasteiger partial charge on any atom is -0.494 e. The maximum atomic E-state index is 12.0. The normalized spacial score (nSPS) is 20.1. The molecule has 7 heteroatoms. The molecular formula is C15H17N5O2. The number of nitrogens with two attached hydrogens (primary N) is 1. The molecule has 114 valence electrons. The topological polar surface area (TPSA) is 95.1 Å². The highest BCUT2D eigenvalue weighted by molar-refractivity contribution is 5.82. The highest BCUT2D eigenvalue weighted by Gasteiger charge is 2.39. The summed E-state index contributed by atoms with van der Waals surface area (Å²) in [6.45, 7) is 6.34. The van der Waals surface area contributed by atoms with E-state index in [-0.39, 0.29) is 0 Å². The third-order valence-electron chi connectivity index (χ3n) is 3.64. The first-order valence-corrected chi connectivity index (χ1v) is 6.99. The smallest absolute Gasteiger partial charge is 0.229 e. The summed E-state index contributed by atoms with van der Waals surface area (Å²) >= 11 is 0. The number of carbonyl (C=O) groups excluding carboxylic acids is 1. The lowest BCUT2D eigenvalue weighted by atomic mass is 9.88. The second kappa shape index (κ2) is 5.51. The van der Waals surface area contributed by atoms with E-state index in [0.717, 1.165) is 5.56 Å². The summed E-state index contributed by atoms with van der Waals surface area (Å²) < 4.78 is 7.32.